The molecule has 32 heavy (non-hydrogen) atoms. The van der Waals surface area contributed by atoms with Crippen LogP contribution in [0, 0.1) is 5.92 Å². The molecule has 0 saturated carbocycles. The van der Waals surface area contributed by atoms with Gasteiger partial charge in [-0.1, -0.05) is 60.3 Å². The van der Waals surface area contributed by atoms with Crippen LogP contribution in [0.2, 0.25) is 0 Å². The average molecular weight is 465 g/mol. The summed E-state index contributed by atoms with van der Waals surface area (Å²) < 4.78 is 11.2. The molecule has 1 saturated heterocycles. The van der Waals surface area contributed by atoms with Crippen LogP contribution in [0.1, 0.15) is 106 Å². The SMILES string of the molecule is CC.CCCC1C(OCCCCC(C)=O)OC(CO)C(O)C1O.CCCCCC(O)CC. The number of carbonyl (C=O) groups excluding carboxylic acids is 1. The highest BCUT2D eigenvalue weighted by atomic mass is 16.7. The Morgan fingerprint density at radius 2 is 1.66 bits per heavy atom. The van der Waals surface area contributed by atoms with Crippen LogP contribution in [0.4, 0.5) is 0 Å². The van der Waals surface area contributed by atoms with Crippen LogP contribution in [0.3, 0.4) is 0 Å². The van der Waals surface area contributed by atoms with E-state index < -0.39 is 24.6 Å². The standard InChI is InChI=1S/C15H28O6.C8H18O.C2H6/c1-3-6-11-13(18)14(19)12(9-16)21-15(11)20-8-5-4-7-10(2)17;1-3-5-6-7-8(9)4-2;1-2/h11-16,18-19H,3-9H2,1-2H3;8-9H,3-7H2,1-2H3;1-2H3. The van der Waals surface area contributed by atoms with Crippen molar-refractivity contribution in [2.75, 3.05) is 13.2 Å². The zero-order valence-corrected chi connectivity index (χ0v) is 21.5. The number of ether oxygens (including phenoxy) is 2. The Balaban J connectivity index is 0. The van der Waals surface area contributed by atoms with E-state index in [0.717, 1.165) is 32.1 Å². The van der Waals surface area contributed by atoms with Crippen molar-refractivity contribution < 1.29 is 34.7 Å². The molecule has 0 bridgehead atoms. The molecule has 0 radical (unpaired) electrons. The summed E-state index contributed by atoms with van der Waals surface area (Å²) in [4.78, 5) is 10.9. The van der Waals surface area contributed by atoms with Crippen molar-refractivity contribution in [3.05, 3.63) is 0 Å². The first-order valence-electron chi connectivity index (χ1n) is 12.7. The van der Waals surface area contributed by atoms with E-state index in [1.54, 1.807) is 6.92 Å². The Morgan fingerprint density at radius 1 is 1.00 bits per heavy atom. The molecule has 6 atom stereocenters. The van der Waals surface area contributed by atoms with Gasteiger partial charge < -0.3 is 34.7 Å². The zero-order valence-electron chi connectivity index (χ0n) is 21.5. The molecule has 1 aliphatic rings. The van der Waals surface area contributed by atoms with Crippen molar-refractivity contribution in [3.8, 4) is 0 Å². The molecular formula is C25H52O7. The number of unbranched alkanes of at least 4 members (excludes halogenated alkanes) is 3. The number of hydrogen-bond donors (Lipinski definition) is 4. The van der Waals surface area contributed by atoms with E-state index in [2.05, 4.69) is 6.92 Å². The maximum absolute atomic E-state index is 10.9. The van der Waals surface area contributed by atoms with Gasteiger partial charge in [-0.2, -0.15) is 0 Å². The highest BCUT2D eigenvalue weighted by Gasteiger charge is 2.44. The molecule has 7 heteroatoms. The van der Waals surface area contributed by atoms with Crippen LogP contribution in [-0.4, -0.2) is 70.1 Å². The molecule has 0 amide bonds. The molecule has 194 valence electrons. The van der Waals surface area contributed by atoms with Gasteiger partial charge >= 0.3 is 0 Å². The summed E-state index contributed by atoms with van der Waals surface area (Å²) in [7, 11) is 0. The highest BCUT2D eigenvalue weighted by molar-refractivity contribution is 5.75. The molecule has 0 aromatic rings. The van der Waals surface area contributed by atoms with Gasteiger partial charge in [0.15, 0.2) is 6.29 Å². The lowest BCUT2D eigenvalue weighted by Gasteiger charge is -2.42. The molecule has 7 nitrogen and oxygen atoms in total. The molecular weight excluding hydrogens is 412 g/mol. The van der Waals surface area contributed by atoms with Crippen molar-refractivity contribution in [3.63, 3.8) is 0 Å². The third-order valence-corrected chi connectivity index (χ3v) is 5.45. The Bertz CT molecular complexity index is 419. The van der Waals surface area contributed by atoms with Gasteiger partial charge in [0.2, 0.25) is 0 Å². The molecule has 0 aromatic heterocycles. The van der Waals surface area contributed by atoms with Crippen LogP contribution < -0.4 is 0 Å². The summed E-state index contributed by atoms with van der Waals surface area (Å²) in [6.07, 6.45) is 5.59. The molecule has 1 fully saturated rings. The molecule has 0 spiro atoms. The van der Waals surface area contributed by atoms with Gasteiger partial charge in [0.05, 0.1) is 18.8 Å². The summed E-state index contributed by atoms with van der Waals surface area (Å²) in [5.74, 6) is -0.146. The fourth-order valence-corrected chi connectivity index (χ4v) is 3.45. The number of aliphatic hydroxyl groups is 4. The van der Waals surface area contributed by atoms with E-state index in [1.165, 1.54) is 19.3 Å². The van der Waals surface area contributed by atoms with Gasteiger partial charge in [-0.3, -0.25) is 0 Å². The lowest BCUT2D eigenvalue weighted by molar-refractivity contribution is -0.286. The first-order valence-corrected chi connectivity index (χ1v) is 12.7. The maximum Gasteiger partial charge on any atom is 0.163 e. The van der Waals surface area contributed by atoms with Crippen molar-refractivity contribution in [2.45, 2.75) is 136 Å². The van der Waals surface area contributed by atoms with Crippen LogP contribution in [0.25, 0.3) is 0 Å². The monoisotopic (exact) mass is 464 g/mol. The minimum Gasteiger partial charge on any atom is -0.394 e. The Kier molecular flexibility index (Phi) is 23.3. The van der Waals surface area contributed by atoms with Crippen molar-refractivity contribution in [1.82, 2.24) is 0 Å². The average Bonchev–Trinajstić information content (AvgIpc) is 2.79. The number of aliphatic hydroxyl groups excluding tert-OH is 4. The summed E-state index contributed by atoms with van der Waals surface area (Å²) >= 11 is 0. The molecule has 1 rings (SSSR count). The smallest absolute Gasteiger partial charge is 0.163 e. The summed E-state index contributed by atoms with van der Waals surface area (Å²) in [5, 5.41) is 38.3. The van der Waals surface area contributed by atoms with Crippen LogP contribution in [-0.2, 0) is 14.3 Å². The van der Waals surface area contributed by atoms with E-state index >= 15 is 0 Å². The second-order valence-corrected chi connectivity index (χ2v) is 8.25. The van der Waals surface area contributed by atoms with Crippen molar-refractivity contribution in [2.24, 2.45) is 5.92 Å². The fraction of sp³-hybridized carbons (Fsp3) is 0.960. The maximum atomic E-state index is 10.9. The largest absolute Gasteiger partial charge is 0.394 e. The number of Topliss-reactive ketones (excluding diaryl/α,β-unsaturated/α-hetero) is 1. The topological polar surface area (TPSA) is 116 Å². The van der Waals surface area contributed by atoms with Gasteiger partial charge in [0.1, 0.15) is 18.0 Å². The summed E-state index contributed by atoms with van der Waals surface area (Å²) in [6.45, 7) is 11.8. The molecule has 0 aromatic carbocycles. The van der Waals surface area contributed by atoms with E-state index in [0.29, 0.717) is 19.4 Å². The zero-order chi connectivity index (χ0) is 24.9. The van der Waals surface area contributed by atoms with Crippen LogP contribution >= 0.6 is 0 Å². The third-order valence-electron chi connectivity index (χ3n) is 5.45. The molecule has 6 unspecified atom stereocenters. The molecule has 1 aliphatic heterocycles. The van der Waals surface area contributed by atoms with Gasteiger partial charge in [-0.25, -0.2) is 0 Å². The minimum absolute atomic E-state index is 0.0449. The second kappa shape index (κ2) is 22.2. The predicted octanol–water partition coefficient (Wildman–Crippen LogP) is 3.98. The Morgan fingerprint density at radius 3 is 2.16 bits per heavy atom. The number of carbonyl (C=O) groups is 1. The molecule has 1 heterocycles. The van der Waals surface area contributed by atoms with Gasteiger partial charge in [0, 0.05) is 18.9 Å². The van der Waals surface area contributed by atoms with Crippen molar-refractivity contribution in [1.29, 1.82) is 0 Å². The summed E-state index contributed by atoms with van der Waals surface area (Å²) in [6, 6.07) is 0. The van der Waals surface area contributed by atoms with Crippen LogP contribution in [0.5, 0.6) is 0 Å². The third kappa shape index (κ3) is 15.3. The van der Waals surface area contributed by atoms with E-state index in [9.17, 15) is 20.1 Å². The van der Waals surface area contributed by atoms with Gasteiger partial charge in [0.25, 0.3) is 0 Å². The van der Waals surface area contributed by atoms with E-state index in [1.807, 2.05) is 27.7 Å². The van der Waals surface area contributed by atoms with Crippen LogP contribution in [0.15, 0.2) is 0 Å². The second-order valence-electron chi connectivity index (χ2n) is 8.25. The first-order chi connectivity index (χ1) is 15.3. The Labute approximate surface area is 196 Å². The first kappa shape index (κ1) is 33.6. The molecule has 4 N–H and O–H groups in total. The predicted molar refractivity (Wildman–Crippen MR) is 128 cm³/mol. The van der Waals surface area contributed by atoms with Crippen molar-refractivity contribution >= 4 is 5.78 Å². The summed E-state index contributed by atoms with van der Waals surface area (Å²) in [5.41, 5.74) is 0. The van der Waals surface area contributed by atoms with E-state index in [-0.39, 0.29) is 24.4 Å². The lowest BCUT2D eigenvalue weighted by Crippen LogP contribution is -2.56. The van der Waals surface area contributed by atoms with Gasteiger partial charge in [-0.05, 0) is 39.0 Å². The lowest BCUT2D eigenvalue weighted by atomic mass is 9.87. The number of ketones is 1. The Hall–Kier alpha value is -0.570. The van der Waals surface area contributed by atoms with Gasteiger partial charge in [-0.15, -0.1) is 0 Å². The quantitative estimate of drug-likeness (QED) is 0.287. The highest BCUT2D eigenvalue weighted by Crippen LogP contribution is 2.30. The number of hydrogen-bond acceptors (Lipinski definition) is 7. The number of rotatable bonds is 14. The fourth-order valence-electron chi connectivity index (χ4n) is 3.45. The minimum atomic E-state index is -1.09. The molecule has 0 aliphatic carbocycles. The normalized spacial score (nSPS) is 25.8. The van der Waals surface area contributed by atoms with E-state index in [4.69, 9.17) is 14.6 Å².